The summed E-state index contributed by atoms with van der Waals surface area (Å²) in [4.78, 5) is 12.3. The average Bonchev–Trinajstić information content (AvgIpc) is 3.16. The average molecular weight is 344 g/mol. The third-order valence-corrected chi connectivity index (χ3v) is 3.89. The van der Waals surface area contributed by atoms with Crippen LogP contribution in [0.15, 0.2) is 42.9 Å². The molecule has 2 heterocycles. The van der Waals surface area contributed by atoms with E-state index in [1.807, 2.05) is 6.92 Å². The van der Waals surface area contributed by atoms with Gasteiger partial charge in [0.25, 0.3) is 5.91 Å². The highest BCUT2D eigenvalue weighted by Crippen LogP contribution is 2.16. The van der Waals surface area contributed by atoms with Gasteiger partial charge in [-0.3, -0.25) is 14.2 Å². The largest absolute Gasteiger partial charge is 0.318 e. The summed E-state index contributed by atoms with van der Waals surface area (Å²) in [6, 6.07) is 8.25. The molecule has 0 saturated heterocycles. The SMILES string of the molecule is CCn1cc(Cl)c(C(=O)Nc2cnn(Cc3ccc(C)cc3)c2)n1. The summed E-state index contributed by atoms with van der Waals surface area (Å²) in [6.45, 7) is 5.28. The van der Waals surface area contributed by atoms with Crippen molar-refractivity contribution in [1.82, 2.24) is 19.6 Å². The fourth-order valence-electron chi connectivity index (χ4n) is 2.30. The lowest BCUT2D eigenvalue weighted by atomic mass is 10.1. The van der Waals surface area contributed by atoms with Crippen molar-refractivity contribution >= 4 is 23.2 Å². The molecule has 7 heteroatoms. The van der Waals surface area contributed by atoms with Gasteiger partial charge in [-0.25, -0.2) is 0 Å². The number of halogens is 1. The monoisotopic (exact) mass is 343 g/mol. The number of amides is 1. The summed E-state index contributed by atoms with van der Waals surface area (Å²) >= 11 is 6.05. The van der Waals surface area contributed by atoms with Crippen molar-refractivity contribution in [3.8, 4) is 0 Å². The smallest absolute Gasteiger partial charge is 0.277 e. The number of benzene rings is 1. The predicted octanol–water partition coefficient (Wildman–Crippen LogP) is 3.36. The molecule has 24 heavy (non-hydrogen) atoms. The number of hydrogen-bond acceptors (Lipinski definition) is 3. The van der Waals surface area contributed by atoms with E-state index in [-0.39, 0.29) is 11.6 Å². The van der Waals surface area contributed by atoms with E-state index in [1.54, 1.807) is 28.0 Å². The molecular formula is C17H18ClN5O. The third kappa shape index (κ3) is 3.65. The molecule has 1 N–H and O–H groups in total. The minimum atomic E-state index is -0.345. The molecule has 6 nitrogen and oxygen atoms in total. The number of aromatic nitrogens is 4. The summed E-state index contributed by atoms with van der Waals surface area (Å²) in [7, 11) is 0. The molecule has 0 saturated carbocycles. The van der Waals surface area contributed by atoms with Crippen LogP contribution in [0.5, 0.6) is 0 Å². The summed E-state index contributed by atoms with van der Waals surface area (Å²) in [5.41, 5.74) is 3.18. The van der Waals surface area contributed by atoms with Gasteiger partial charge in [0.15, 0.2) is 5.69 Å². The van der Waals surface area contributed by atoms with E-state index in [0.29, 0.717) is 23.8 Å². The Morgan fingerprint density at radius 1 is 1.21 bits per heavy atom. The molecule has 0 spiro atoms. The lowest BCUT2D eigenvalue weighted by molar-refractivity contribution is 0.102. The topological polar surface area (TPSA) is 64.7 Å². The molecular weight excluding hydrogens is 326 g/mol. The van der Waals surface area contributed by atoms with Gasteiger partial charge in [-0.1, -0.05) is 41.4 Å². The molecule has 1 aromatic carbocycles. The van der Waals surface area contributed by atoms with Gasteiger partial charge in [-0.2, -0.15) is 10.2 Å². The molecule has 2 aromatic heterocycles. The van der Waals surface area contributed by atoms with E-state index < -0.39 is 0 Å². The number of carbonyl (C=O) groups excluding carboxylic acids is 1. The minimum Gasteiger partial charge on any atom is -0.318 e. The zero-order valence-corrected chi connectivity index (χ0v) is 14.3. The lowest BCUT2D eigenvalue weighted by Gasteiger charge is -2.02. The van der Waals surface area contributed by atoms with Crippen molar-refractivity contribution in [2.24, 2.45) is 0 Å². The second kappa shape index (κ2) is 6.88. The van der Waals surface area contributed by atoms with Crippen molar-refractivity contribution in [1.29, 1.82) is 0 Å². The number of anilines is 1. The van der Waals surface area contributed by atoms with Crippen molar-refractivity contribution in [2.75, 3.05) is 5.32 Å². The molecule has 0 aliphatic heterocycles. The first-order valence-electron chi connectivity index (χ1n) is 7.67. The molecule has 0 atom stereocenters. The van der Waals surface area contributed by atoms with Crippen LogP contribution in [0, 0.1) is 6.92 Å². The molecule has 0 aliphatic carbocycles. The minimum absolute atomic E-state index is 0.213. The van der Waals surface area contributed by atoms with E-state index in [9.17, 15) is 4.79 Å². The van der Waals surface area contributed by atoms with Crippen molar-refractivity contribution in [2.45, 2.75) is 26.9 Å². The first kappa shape index (κ1) is 16.3. The maximum atomic E-state index is 12.3. The second-order valence-corrected chi connectivity index (χ2v) is 5.95. The summed E-state index contributed by atoms with van der Waals surface area (Å²) in [5.74, 6) is -0.345. The highest BCUT2D eigenvalue weighted by atomic mass is 35.5. The third-order valence-electron chi connectivity index (χ3n) is 3.61. The Morgan fingerprint density at radius 3 is 2.62 bits per heavy atom. The predicted molar refractivity (Wildman–Crippen MR) is 93.4 cm³/mol. The van der Waals surface area contributed by atoms with Crippen LogP contribution in [0.1, 0.15) is 28.5 Å². The Kier molecular flexibility index (Phi) is 4.66. The van der Waals surface area contributed by atoms with Crippen LogP contribution in [-0.2, 0) is 13.1 Å². The number of nitrogens with one attached hydrogen (secondary N) is 1. The zero-order valence-electron chi connectivity index (χ0n) is 13.5. The molecule has 1 amide bonds. The van der Waals surface area contributed by atoms with Gasteiger partial charge in [0.05, 0.1) is 23.5 Å². The van der Waals surface area contributed by atoms with E-state index in [4.69, 9.17) is 11.6 Å². The Morgan fingerprint density at radius 2 is 1.96 bits per heavy atom. The van der Waals surface area contributed by atoms with Crippen molar-refractivity contribution in [3.63, 3.8) is 0 Å². The Bertz CT molecular complexity index is 850. The van der Waals surface area contributed by atoms with Crippen LogP contribution in [0.2, 0.25) is 5.02 Å². The molecule has 0 fully saturated rings. The number of hydrogen-bond donors (Lipinski definition) is 1. The standard InChI is InChI=1S/C17H18ClN5O/c1-3-22-11-15(18)16(21-22)17(24)20-14-8-19-23(10-14)9-13-6-4-12(2)5-7-13/h4-8,10-11H,3,9H2,1-2H3,(H,20,24). The highest BCUT2D eigenvalue weighted by molar-refractivity contribution is 6.34. The van der Waals surface area contributed by atoms with Crippen LogP contribution >= 0.6 is 11.6 Å². The zero-order chi connectivity index (χ0) is 17.1. The summed E-state index contributed by atoms with van der Waals surface area (Å²) in [5, 5.41) is 11.5. The molecule has 0 radical (unpaired) electrons. The van der Waals surface area contributed by atoms with Crippen molar-refractivity contribution in [3.05, 3.63) is 64.7 Å². The van der Waals surface area contributed by atoms with E-state index in [2.05, 4.69) is 46.7 Å². The molecule has 124 valence electrons. The van der Waals surface area contributed by atoms with E-state index >= 15 is 0 Å². The summed E-state index contributed by atoms with van der Waals surface area (Å²) < 4.78 is 3.39. The van der Waals surface area contributed by atoms with Gasteiger partial charge in [-0.05, 0) is 19.4 Å². The van der Waals surface area contributed by atoms with Gasteiger partial charge in [0.1, 0.15) is 0 Å². The fourth-order valence-corrected chi connectivity index (χ4v) is 2.53. The fraction of sp³-hybridized carbons (Fsp3) is 0.235. The Balaban J connectivity index is 1.68. The van der Waals surface area contributed by atoms with Crippen molar-refractivity contribution < 1.29 is 4.79 Å². The maximum Gasteiger partial charge on any atom is 0.277 e. The van der Waals surface area contributed by atoms with E-state index in [1.165, 1.54) is 5.56 Å². The highest BCUT2D eigenvalue weighted by Gasteiger charge is 2.16. The molecule has 0 bridgehead atoms. The van der Waals surface area contributed by atoms with Crippen LogP contribution in [0.3, 0.4) is 0 Å². The lowest BCUT2D eigenvalue weighted by Crippen LogP contribution is -2.13. The quantitative estimate of drug-likeness (QED) is 0.772. The van der Waals surface area contributed by atoms with Gasteiger partial charge in [0.2, 0.25) is 0 Å². The van der Waals surface area contributed by atoms with Gasteiger partial charge < -0.3 is 5.32 Å². The number of carbonyl (C=O) groups is 1. The number of nitrogens with zero attached hydrogens (tertiary/aromatic N) is 4. The van der Waals surface area contributed by atoms with E-state index in [0.717, 1.165) is 5.56 Å². The van der Waals surface area contributed by atoms with Gasteiger partial charge >= 0.3 is 0 Å². The van der Waals surface area contributed by atoms with Crippen LogP contribution < -0.4 is 5.32 Å². The normalized spacial score (nSPS) is 10.8. The summed E-state index contributed by atoms with van der Waals surface area (Å²) in [6.07, 6.45) is 5.02. The molecule has 3 rings (SSSR count). The maximum absolute atomic E-state index is 12.3. The molecule has 0 aliphatic rings. The molecule has 3 aromatic rings. The Labute approximate surface area is 145 Å². The van der Waals surface area contributed by atoms with Gasteiger partial charge in [0, 0.05) is 18.9 Å². The first-order valence-corrected chi connectivity index (χ1v) is 8.05. The first-order chi connectivity index (χ1) is 11.5. The molecule has 0 unspecified atom stereocenters. The second-order valence-electron chi connectivity index (χ2n) is 5.55. The van der Waals surface area contributed by atoms with Gasteiger partial charge in [-0.15, -0.1) is 0 Å². The van der Waals surface area contributed by atoms with Crippen LogP contribution in [-0.4, -0.2) is 25.5 Å². The van der Waals surface area contributed by atoms with Crippen LogP contribution in [0.4, 0.5) is 5.69 Å². The number of rotatable bonds is 5. The Hall–Kier alpha value is -2.60. The number of aryl methyl sites for hydroxylation is 2. The van der Waals surface area contributed by atoms with Crippen LogP contribution in [0.25, 0.3) is 0 Å².